The molecule has 120 valence electrons. The molecular weight excluding hydrogens is 325 g/mol. The minimum absolute atomic E-state index is 0. The number of alkyl halides is 2. The van der Waals surface area contributed by atoms with Gasteiger partial charge in [0.1, 0.15) is 0 Å². The Morgan fingerprint density at radius 1 is 1.10 bits per heavy atom. The van der Waals surface area contributed by atoms with E-state index in [0.717, 1.165) is 5.69 Å². The second-order valence-electron chi connectivity index (χ2n) is 4.53. The number of piperazine rings is 1. The molecule has 0 radical (unpaired) electrons. The number of hydrogen-bond donors (Lipinski definition) is 1. The van der Waals surface area contributed by atoms with Crippen LogP contribution in [0.4, 0.5) is 14.5 Å². The summed E-state index contributed by atoms with van der Waals surface area (Å²) in [4.78, 5) is 14.6. The average molecular weight is 343 g/mol. The van der Waals surface area contributed by atoms with Crippen LogP contribution in [0.5, 0.6) is 0 Å². The van der Waals surface area contributed by atoms with Gasteiger partial charge >= 0.3 is 5.97 Å². The van der Waals surface area contributed by atoms with E-state index >= 15 is 0 Å². The first-order valence-corrected chi connectivity index (χ1v) is 6.15. The van der Waals surface area contributed by atoms with E-state index in [1.807, 2.05) is 0 Å². The Morgan fingerprint density at radius 3 is 2.05 bits per heavy atom. The van der Waals surface area contributed by atoms with Crippen molar-refractivity contribution < 1.29 is 18.7 Å². The Kier molecular flexibility index (Phi) is 8.54. The minimum Gasteiger partial charge on any atom is -0.478 e. The Hall–Kier alpha value is -1.11. The van der Waals surface area contributed by atoms with Crippen LogP contribution in [0.1, 0.15) is 10.4 Å². The molecule has 1 N–H and O–H groups in total. The van der Waals surface area contributed by atoms with Crippen LogP contribution >= 0.6 is 24.8 Å². The third-order valence-corrected chi connectivity index (χ3v) is 3.25. The molecule has 1 aromatic rings. The molecule has 1 aliphatic rings. The first kappa shape index (κ1) is 19.9. The summed E-state index contributed by atoms with van der Waals surface area (Å²) in [5.74, 6) is -0.951. The normalized spacial score (nSPS) is 15.3. The summed E-state index contributed by atoms with van der Waals surface area (Å²) in [6.07, 6.45) is -2.29. The van der Waals surface area contributed by atoms with Crippen molar-refractivity contribution >= 4 is 36.5 Å². The van der Waals surface area contributed by atoms with Gasteiger partial charge in [0, 0.05) is 31.9 Å². The lowest BCUT2D eigenvalue weighted by molar-refractivity contribution is 0.0697. The van der Waals surface area contributed by atoms with Gasteiger partial charge in [0.25, 0.3) is 6.43 Å². The first-order valence-electron chi connectivity index (χ1n) is 6.15. The van der Waals surface area contributed by atoms with Gasteiger partial charge < -0.3 is 10.0 Å². The molecule has 1 aromatic carbocycles. The molecule has 0 spiro atoms. The van der Waals surface area contributed by atoms with Crippen molar-refractivity contribution in [1.29, 1.82) is 0 Å². The van der Waals surface area contributed by atoms with Gasteiger partial charge in [-0.1, -0.05) is 0 Å². The van der Waals surface area contributed by atoms with E-state index in [1.165, 1.54) is 0 Å². The molecule has 1 saturated heterocycles. The lowest BCUT2D eigenvalue weighted by Crippen LogP contribution is -2.47. The maximum atomic E-state index is 12.2. The van der Waals surface area contributed by atoms with Crippen molar-refractivity contribution in [1.82, 2.24) is 4.90 Å². The van der Waals surface area contributed by atoms with Crippen LogP contribution in [0.25, 0.3) is 0 Å². The Bertz CT molecular complexity index is 438. The highest BCUT2D eigenvalue weighted by atomic mass is 35.5. The van der Waals surface area contributed by atoms with Crippen molar-refractivity contribution in [2.45, 2.75) is 6.43 Å². The molecule has 0 atom stereocenters. The quantitative estimate of drug-likeness (QED) is 0.913. The molecule has 4 nitrogen and oxygen atoms in total. The third-order valence-electron chi connectivity index (χ3n) is 3.25. The van der Waals surface area contributed by atoms with E-state index in [4.69, 9.17) is 5.11 Å². The Balaban J connectivity index is 0.00000200. The van der Waals surface area contributed by atoms with E-state index < -0.39 is 12.4 Å². The van der Waals surface area contributed by atoms with E-state index in [0.29, 0.717) is 26.2 Å². The minimum atomic E-state index is -2.29. The number of hydrogen-bond acceptors (Lipinski definition) is 3. The van der Waals surface area contributed by atoms with E-state index in [-0.39, 0.29) is 36.9 Å². The standard InChI is InChI=1S/C13H16F2N2O2.2ClH/c14-12(15)9-16-5-7-17(8-6-16)11-3-1-10(2-4-11)13(18)19;;/h1-4,12H,5-9H2,(H,18,19);2*1H. The number of nitrogens with zero attached hydrogens (tertiary/aromatic N) is 2. The number of halogens is 4. The predicted octanol–water partition coefficient (Wildman–Crippen LogP) is 2.62. The number of aromatic carboxylic acids is 1. The zero-order chi connectivity index (χ0) is 13.8. The fourth-order valence-corrected chi connectivity index (χ4v) is 2.20. The van der Waals surface area contributed by atoms with Gasteiger partial charge in [-0.05, 0) is 24.3 Å². The summed E-state index contributed by atoms with van der Waals surface area (Å²) in [5.41, 5.74) is 1.18. The smallest absolute Gasteiger partial charge is 0.335 e. The Morgan fingerprint density at radius 2 is 1.62 bits per heavy atom. The molecule has 1 aliphatic heterocycles. The number of rotatable bonds is 4. The fourth-order valence-electron chi connectivity index (χ4n) is 2.20. The number of carbonyl (C=O) groups is 1. The molecule has 1 fully saturated rings. The molecule has 0 amide bonds. The van der Waals surface area contributed by atoms with Gasteiger partial charge in [0.2, 0.25) is 0 Å². The van der Waals surface area contributed by atoms with Gasteiger partial charge in [0.15, 0.2) is 0 Å². The molecule has 0 aliphatic carbocycles. The summed E-state index contributed by atoms with van der Waals surface area (Å²) >= 11 is 0. The van der Waals surface area contributed by atoms with Crippen molar-refractivity contribution in [3.63, 3.8) is 0 Å². The second kappa shape index (κ2) is 9.02. The number of carboxylic acids is 1. The summed E-state index contributed by atoms with van der Waals surface area (Å²) in [7, 11) is 0. The number of carboxylic acid groups (broad SMARTS) is 1. The van der Waals surface area contributed by atoms with Gasteiger partial charge in [-0.25, -0.2) is 13.6 Å². The van der Waals surface area contributed by atoms with Crippen molar-refractivity contribution in [3.05, 3.63) is 29.8 Å². The van der Waals surface area contributed by atoms with Crippen LogP contribution in [0.2, 0.25) is 0 Å². The van der Waals surface area contributed by atoms with E-state index in [2.05, 4.69) is 4.90 Å². The Labute approximate surface area is 134 Å². The van der Waals surface area contributed by atoms with Crippen molar-refractivity contribution in [3.8, 4) is 0 Å². The van der Waals surface area contributed by atoms with Crippen molar-refractivity contribution in [2.24, 2.45) is 0 Å². The summed E-state index contributed by atoms with van der Waals surface area (Å²) in [5, 5.41) is 8.81. The van der Waals surface area contributed by atoms with Gasteiger partial charge in [-0.2, -0.15) is 0 Å². The van der Waals surface area contributed by atoms with Crippen LogP contribution in [0, 0.1) is 0 Å². The van der Waals surface area contributed by atoms with Gasteiger partial charge in [0.05, 0.1) is 12.1 Å². The SMILES string of the molecule is Cl.Cl.O=C(O)c1ccc(N2CCN(CC(F)F)CC2)cc1. The second-order valence-corrected chi connectivity index (χ2v) is 4.53. The zero-order valence-corrected chi connectivity index (χ0v) is 12.9. The molecule has 21 heavy (non-hydrogen) atoms. The van der Waals surface area contributed by atoms with E-state index in [1.54, 1.807) is 29.2 Å². The van der Waals surface area contributed by atoms with Crippen LogP contribution in [-0.2, 0) is 0 Å². The lowest BCUT2D eigenvalue weighted by Gasteiger charge is -2.35. The summed E-state index contributed by atoms with van der Waals surface area (Å²) < 4.78 is 24.5. The highest BCUT2D eigenvalue weighted by Crippen LogP contribution is 2.17. The number of anilines is 1. The predicted molar refractivity (Wildman–Crippen MR) is 82.6 cm³/mol. The monoisotopic (exact) mass is 342 g/mol. The molecule has 0 unspecified atom stereocenters. The first-order chi connectivity index (χ1) is 9.06. The zero-order valence-electron chi connectivity index (χ0n) is 11.2. The molecule has 0 aromatic heterocycles. The van der Waals surface area contributed by atoms with Crippen LogP contribution in [-0.4, -0.2) is 55.1 Å². The average Bonchev–Trinajstić information content (AvgIpc) is 2.39. The largest absolute Gasteiger partial charge is 0.478 e. The third kappa shape index (κ3) is 5.65. The molecule has 2 rings (SSSR count). The van der Waals surface area contributed by atoms with Crippen LogP contribution in [0.3, 0.4) is 0 Å². The van der Waals surface area contributed by atoms with Crippen LogP contribution in [0.15, 0.2) is 24.3 Å². The molecule has 8 heteroatoms. The highest BCUT2D eigenvalue weighted by Gasteiger charge is 2.19. The molecule has 0 saturated carbocycles. The topological polar surface area (TPSA) is 43.8 Å². The van der Waals surface area contributed by atoms with Crippen molar-refractivity contribution in [2.75, 3.05) is 37.6 Å². The maximum Gasteiger partial charge on any atom is 0.335 e. The molecular formula is C13H18Cl2F2N2O2. The van der Waals surface area contributed by atoms with E-state index in [9.17, 15) is 13.6 Å². The summed E-state index contributed by atoms with van der Waals surface area (Å²) in [6.45, 7) is 2.39. The highest BCUT2D eigenvalue weighted by molar-refractivity contribution is 5.88. The summed E-state index contributed by atoms with van der Waals surface area (Å²) in [6, 6.07) is 6.63. The van der Waals surface area contributed by atoms with Gasteiger partial charge in [-0.3, -0.25) is 4.90 Å². The lowest BCUT2D eigenvalue weighted by atomic mass is 10.2. The molecule has 0 bridgehead atoms. The fraction of sp³-hybridized carbons (Fsp3) is 0.462. The van der Waals surface area contributed by atoms with Crippen LogP contribution < -0.4 is 4.90 Å². The molecule has 1 heterocycles. The maximum absolute atomic E-state index is 12.2. The number of benzene rings is 1. The van der Waals surface area contributed by atoms with Gasteiger partial charge in [-0.15, -0.1) is 24.8 Å².